The summed E-state index contributed by atoms with van der Waals surface area (Å²) in [5, 5.41) is 10.1. The van der Waals surface area contributed by atoms with Gasteiger partial charge < -0.3 is 4.74 Å². The predicted octanol–water partition coefficient (Wildman–Crippen LogP) is 9.37. The zero-order chi connectivity index (χ0) is 36.6. The maximum atomic E-state index is 15.6. The van der Waals surface area contributed by atoms with Gasteiger partial charge in [-0.15, -0.1) is 0 Å². The van der Waals surface area contributed by atoms with E-state index in [1.807, 2.05) is 6.07 Å². The molecule has 0 atom stereocenters. The lowest BCUT2D eigenvalue weighted by Crippen LogP contribution is -2.14. The van der Waals surface area contributed by atoms with E-state index in [1.54, 1.807) is 0 Å². The third-order valence-electron chi connectivity index (χ3n) is 8.19. The number of rotatable bonds is 8. The number of nitriles is 1. The van der Waals surface area contributed by atoms with Gasteiger partial charge in [-0.2, -0.15) is 5.26 Å². The molecule has 0 aliphatic carbocycles. The van der Waals surface area contributed by atoms with Crippen molar-refractivity contribution < 1.29 is 39.9 Å². The van der Waals surface area contributed by atoms with E-state index in [4.69, 9.17) is 6.57 Å². The number of esters is 1. The van der Waals surface area contributed by atoms with Crippen molar-refractivity contribution in [1.82, 2.24) is 3.97 Å². The van der Waals surface area contributed by atoms with Gasteiger partial charge in [0.25, 0.3) is 16.4 Å². The van der Waals surface area contributed by atoms with Crippen molar-refractivity contribution in [3.05, 3.63) is 143 Å². The first-order chi connectivity index (χ1) is 24.4. The number of nitrogens with zero attached hydrogens (tertiary/aromatic N) is 3. The molecule has 0 radical (unpaired) electrons. The minimum atomic E-state index is -4.74. The molecule has 0 aliphatic heterocycles. The molecule has 254 valence electrons. The molecule has 7 nitrogen and oxygen atoms in total. The van der Waals surface area contributed by atoms with Crippen LogP contribution in [0.15, 0.2) is 102 Å². The molecule has 0 N–H and O–H groups in total. The second kappa shape index (κ2) is 13.5. The average Bonchev–Trinajstić information content (AvgIpc) is 3.45. The fourth-order valence-corrected chi connectivity index (χ4v) is 7.49. The summed E-state index contributed by atoms with van der Waals surface area (Å²) >= 11 is 0. The molecule has 1 heterocycles. The number of fused-ring (bicyclic) bond motifs is 1. The molecule has 0 amide bonds. The lowest BCUT2D eigenvalue weighted by molar-refractivity contribution is -0.139. The SMILES string of the molecule is [C-]#[N+]c1cccc(C#N)c1-c1c(-c2cccc(-c3c(F)cc(CC(=O)OC)cc3F)c2)n(S(=O)(=O)c2ccc(C(F)F)cc2)c2ccc(F)cc12. The highest BCUT2D eigenvalue weighted by Crippen LogP contribution is 2.48. The van der Waals surface area contributed by atoms with Crippen molar-refractivity contribution in [3.63, 3.8) is 0 Å². The van der Waals surface area contributed by atoms with Crippen LogP contribution in [-0.2, 0) is 26.0 Å². The molecule has 0 spiro atoms. The van der Waals surface area contributed by atoms with E-state index in [-0.39, 0.29) is 55.7 Å². The van der Waals surface area contributed by atoms with E-state index in [0.29, 0.717) is 0 Å². The molecule has 0 fully saturated rings. The zero-order valence-electron chi connectivity index (χ0n) is 26.3. The van der Waals surface area contributed by atoms with Crippen LogP contribution in [0.4, 0.5) is 27.6 Å². The van der Waals surface area contributed by atoms with Crippen molar-refractivity contribution >= 4 is 32.6 Å². The highest BCUT2D eigenvalue weighted by molar-refractivity contribution is 7.90. The third kappa shape index (κ3) is 6.20. The molecule has 6 rings (SSSR count). The smallest absolute Gasteiger partial charge is 0.309 e. The Morgan fingerprint density at radius 3 is 2.18 bits per heavy atom. The Morgan fingerprint density at radius 1 is 0.882 bits per heavy atom. The van der Waals surface area contributed by atoms with Crippen molar-refractivity contribution in [3.8, 4) is 39.6 Å². The van der Waals surface area contributed by atoms with E-state index in [1.165, 1.54) is 48.5 Å². The van der Waals surface area contributed by atoms with Crippen molar-refractivity contribution in [2.24, 2.45) is 0 Å². The van der Waals surface area contributed by atoms with Gasteiger partial charge in [0.2, 0.25) is 0 Å². The fraction of sp³-hybridized carbons (Fsp3) is 0.0789. The Hall–Kier alpha value is -6.31. The molecule has 51 heavy (non-hydrogen) atoms. The van der Waals surface area contributed by atoms with Crippen LogP contribution in [0.5, 0.6) is 0 Å². The summed E-state index contributed by atoms with van der Waals surface area (Å²) in [4.78, 5) is 14.9. The number of carbonyl (C=O) groups is 1. The molecule has 13 heteroatoms. The maximum Gasteiger partial charge on any atom is 0.309 e. The van der Waals surface area contributed by atoms with Crippen LogP contribution in [-0.4, -0.2) is 25.5 Å². The van der Waals surface area contributed by atoms with Crippen LogP contribution in [0.3, 0.4) is 0 Å². The monoisotopic (exact) mass is 711 g/mol. The van der Waals surface area contributed by atoms with Crippen LogP contribution in [0, 0.1) is 35.4 Å². The lowest BCUT2D eigenvalue weighted by Gasteiger charge is -2.16. The predicted molar refractivity (Wildman–Crippen MR) is 179 cm³/mol. The number of halogens is 5. The summed E-state index contributed by atoms with van der Waals surface area (Å²) in [6.07, 6.45) is -3.28. The largest absolute Gasteiger partial charge is 0.469 e. The first-order valence-electron chi connectivity index (χ1n) is 14.9. The Morgan fingerprint density at radius 2 is 1.55 bits per heavy atom. The highest BCUT2D eigenvalue weighted by Gasteiger charge is 2.31. The molecule has 0 bridgehead atoms. The van der Waals surface area contributed by atoms with Crippen LogP contribution < -0.4 is 0 Å². The lowest BCUT2D eigenvalue weighted by atomic mass is 9.92. The first kappa shape index (κ1) is 34.5. The second-order valence-corrected chi connectivity index (χ2v) is 13.0. The van der Waals surface area contributed by atoms with E-state index >= 15 is 13.2 Å². The standard InChI is InChI=1S/C38H22F5N3O4S/c1-45-31-8-4-7-25(20-44)35(31)36-28-19-26(39)11-14-32(28)46(51(48,49)27-12-9-22(10-13-27)38(42)43)37(36)24-6-3-5-23(18-24)34-29(40)15-21(16-30(34)41)17-33(47)50-2/h3-16,18-19,38H,17H2,2H3. The minimum absolute atomic E-state index is 0.00457. The molecular weight excluding hydrogens is 689 g/mol. The van der Waals surface area contributed by atoms with Gasteiger partial charge in [-0.25, -0.2) is 39.2 Å². The zero-order valence-corrected chi connectivity index (χ0v) is 27.1. The maximum absolute atomic E-state index is 15.6. The molecule has 1 aromatic heterocycles. The number of alkyl halides is 2. The molecular formula is C38H22F5N3O4S. The van der Waals surface area contributed by atoms with E-state index in [0.717, 1.165) is 59.6 Å². The quantitative estimate of drug-likeness (QED) is 0.0891. The van der Waals surface area contributed by atoms with Crippen molar-refractivity contribution in [1.29, 1.82) is 5.26 Å². The summed E-state index contributed by atoms with van der Waals surface area (Å²) < 4.78 is 108. The number of aromatic nitrogens is 1. The van der Waals surface area contributed by atoms with Gasteiger partial charge in [0.15, 0.2) is 5.69 Å². The molecule has 6 aromatic rings. The molecule has 0 saturated carbocycles. The van der Waals surface area contributed by atoms with Gasteiger partial charge in [0.05, 0.1) is 47.8 Å². The van der Waals surface area contributed by atoms with Gasteiger partial charge in [-0.3, -0.25) is 4.79 Å². The normalized spacial score (nSPS) is 11.4. The Balaban J connectivity index is 1.73. The third-order valence-corrected chi connectivity index (χ3v) is 9.92. The number of hydrogen-bond acceptors (Lipinski definition) is 5. The average molecular weight is 712 g/mol. The summed E-state index contributed by atoms with van der Waals surface area (Å²) in [7, 11) is -3.61. The Bertz CT molecular complexity index is 2520. The molecule has 0 aliphatic rings. The number of carbonyl (C=O) groups excluding carboxylic acids is 1. The van der Waals surface area contributed by atoms with Crippen LogP contribution in [0.25, 0.3) is 49.3 Å². The molecule has 0 saturated heterocycles. The summed E-state index contributed by atoms with van der Waals surface area (Å²) in [6, 6.07) is 20.7. The van der Waals surface area contributed by atoms with Crippen LogP contribution in [0.1, 0.15) is 23.1 Å². The highest BCUT2D eigenvalue weighted by atomic mass is 32.2. The minimum Gasteiger partial charge on any atom is -0.469 e. The fourth-order valence-electron chi connectivity index (χ4n) is 5.94. The number of ether oxygens (including phenoxy) is 1. The Labute approximate surface area is 288 Å². The topological polar surface area (TPSA) is 93.5 Å². The van der Waals surface area contributed by atoms with Gasteiger partial charge in [0, 0.05) is 33.2 Å². The Kier molecular flexibility index (Phi) is 9.17. The molecule has 5 aromatic carbocycles. The van der Waals surface area contributed by atoms with Crippen molar-refractivity contribution in [2.45, 2.75) is 17.7 Å². The number of benzene rings is 5. The van der Waals surface area contributed by atoms with E-state index in [9.17, 15) is 27.3 Å². The number of hydrogen-bond donors (Lipinski definition) is 0. The van der Waals surface area contributed by atoms with Crippen molar-refractivity contribution in [2.75, 3.05) is 7.11 Å². The summed E-state index contributed by atoms with van der Waals surface area (Å²) in [5.41, 5.74) is -1.49. The van der Waals surface area contributed by atoms with Gasteiger partial charge in [0.1, 0.15) is 17.5 Å². The van der Waals surface area contributed by atoms with Gasteiger partial charge >= 0.3 is 5.97 Å². The molecule has 0 unspecified atom stereocenters. The summed E-state index contributed by atoms with van der Waals surface area (Å²) in [5.74, 6) is -3.58. The van der Waals surface area contributed by atoms with Gasteiger partial charge in [-0.1, -0.05) is 42.5 Å². The van der Waals surface area contributed by atoms with Gasteiger partial charge in [-0.05, 0) is 65.7 Å². The second-order valence-electron chi connectivity index (χ2n) is 11.2. The number of methoxy groups -OCH3 is 1. The van der Waals surface area contributed by atoms with E-state index < -0.39 is 62.3 Å². The summed E-state index contributed by atoms with van der Waals surface area (Å²) in [6.45, 7) is 7.86. The van der Waals surface area contributed by atoms with E-state index in [2.05, 4.69) is 9.58 Å². The first-order valence-corrected chi connectivity index (χ1v) is 16.4. The van der Waals surface area contributed by atoms with Crippen LogP contribution >= 0.6 is 0 Å². The van der Waals surface area contributed by atoms with Crippen LogP contribution in [0.2, 0.25) is 0 Å².